The van der Waals surface area contributed by atoms with E-state index in [0.29, 0.717) is 17.9 Å². The summed E-state index contributed by atoms with van der Waals surface area (Å²) in [5.41, 5.74) is 0. The Kier molecular flexibility index (Phi) is 38.2. The maximum atomic E-state index is 12.8. The van der Waals surface area contributed by atoms with E-state index >= 15 is 0 Å². The van der Waals surface area contributed by atoms with Crippen molar-refractivity contribution in [2.45, 2.75) is 251 Å². The second kappa shape index (κ2) is 41.3. The van der Waals surface area contributed by atoms with Crippen LogP contribution in [-0.4, -0.2) is 78.1 Å². The van der Waals surface area contributed by atoms with E-state index in [-0.39, 0.29) is 45.3 Å². The van der Waals surface area contributed by atoms with Gasteiger partial charge in [0.15, 0.2) is 6.10 Å². The molecule has 2 N–H and O–H groups in total. The molecule has 1 fully saturated rings. The Morgan fingerprint density at radius 3 is 1.37 bits per heavy atom. The minimum Gasteiger partial charge on any atom is -0.462 e. The Morgan fingerprint density at radius 1 is 0.538 bits per heavy atom. The summed E-state index contributed by atoms with van der Waals surface area (Å²) in [5.74, 6) is -3.78. The number of ether oxygens (including phenoxy) is 2. The predicted octanol–water partition coefficient (Wildman–Crippen LogP) is 11.6. The zero-order valence-corrected chi connectivity index (χ0v) is 41.5. The normalized spacial score (nSPS) is 14.0. The van der Waals surface area contributed by atoms with Crippen molar-refractivity contribution in [3.63, 3.8) is 0 Å². The van der Waals surface area contributed by atoms with Gasteiger partial charge in [-0.25, -0.2) is 9.36 Å². The highest BCUT2D eigenvalue weighted by Gasteiger charge is 2.33. The number of phosphoric acid groups is 1. The van der Waals surface area contributed by atoms with Crippen molar-refractivity contribution in [1.29, 1.82) is 0 Å². The van der Waals surface area contributed by atoms with E-state index in [1.54, 1.807) is 0 Å². The molecule has 0 aromatic carbocycles. The van der Waals surface area contributed by atoms with Crippen molar-refractivity contribution in [3.05, 3.63) is 0 Å². The van der Waals surface area contributed by atoms with E-state index in [0.717, 1.165) is 38.5 Å². The molecule has 1 saturated heterocycles. The molecule has 0 saturated carbocycles. The topological polar surface area (TPSA) is 201 Å². The van der Waals surface area contributed by atoms with Crippen molar-refractivity contribution in [1.82, 2.24) is 10.4 Å². The molecule has 2 unspecified atom stereocenters. The number of nitrogens with one attached hydrogen (secondary N) is 1. The maximum Gasteiger partial charge on any atom is 0.472 e. The molecule has 0 bridgehead atoms. The number of amides is 3. The lowest BCUT2D eigenvalue weighted by atomic mass is 10.0. The van der Waals surface area contributed by atoms with Gasteiger partial charge in [-0.1, -0.05) is 194 Å². The van der Waals surface area contributed by atoms with Crippen LogP contribution >= 0.6 is 7.82 Å². The van der Waals surface area contributed by atoms with Gasteiger partial charge >= 0.3 is 25.7 Å². The number of esters is 2. The second-order valence-electron chi connectivity index (χ2n) is 17.7. The van der Waals surface area contributed by atoms with Crippen LogP contribution in [0.4, 0.5) is 0 Å². The fourth-order valence-corrected chi connectivity index (χ4v) is 8.33. The van der Waals surface area contributed by atoms with Gasteiger partial charge in [-0.15, -0.1) is 5.06 Å². The first-order valence-corrected chi connectivity index (χ1v) is 27.3. The lowest BCUT2D eigenvalue weighted by Crippen LogP contribution is -2.33. The molecule has 0 aliphatic carbocycles. The summed E-state index contributed by atoms with van der Waals surface area (Å²) >= 11 is 0. The van der Waals surface area contributed by atoms with Gasteiger partial charge in [-0.05, 0) is 12.8 Å². The van der Waals surface area contributed by atoms with Gasteiger partial charge in [0.1, 0.15) is 6.61 Å². The van der Waals surface area contributed by atoms with Crippen molar-refractivity contribution in [2.75, 3.05) is 26.4 Å². The molecule has 3 amide bonds. The van der Waals surface area contributed by atoms with Gasteiger partial charge in [0.25, 0.3) is 11.8 Å². The number of hydrogen-bond acceptors (Lipinski definition) is 12. The summed E-state index contributed by atoms with van der Waals surface area (Å²) in [5, 5.41) is 2.81. The number of rotatable bonds is 46. The fraction of sp³-hybridized carbons (Fsp3) is 0.878. The second-order valence-corrected chi connectivity index (χ2v) is 19.1. The summed E-state index contributed by atoms with van der Waals surface area (Å²) in [6, 6.07) is 0. The quantitative estimate of drug-likeness (QED) is 0.0253. The molecule has 1 aliphatic rings. The fourth-order valence-electron chi connectivity index (χ4n) is 7.58. The van der Waals surface area contributed by atoms with Gasteiger partial charge in [0, 0.05) is 38.6 Å². The molecule has 0 spiro atoms. The maximum absolute atomic E-state index is 12.8. The van der Waals surface area contributed by atoms with E-state index in [1.165, 1.54) is 141 Å². The average molecular weight is 945 g/mol. The summed E-state index contributed by atoms with van der Waals surface area (Å²) in [4.78, 5) is 87.6. The van der Waals surface area contributed by atoms with E-state index in [4.69, 9.17) is 23.4 Å². The van der Waals surface area contributed by atoms with Crippen LogP contribution in [-0.2, 0) is 56.7 Å². The zero-order valence-electron chi connectivity index (χ0n) is 40.6. The summed E-state index contributed by atoms with van der Waals surface area (Å²) < 4.78 is 33.6. The lowest BCUT2D eigenvalue weighted by Gasteiger charge is -2.20. The van der Waals surface area contributed by atoms with Crippen LogP contribution in [0.1, 0.15) is 245 Å². The van der Waals surface area contributed by atoms with Gasteiger partial charge in [0.05, 0.1) is 19.6 Å². The Morgan fingerprint density at radius 2 is 0.938 bits per heavy atom. The Labute approximate surface area is 391 Å². The van der Waals surface area contributed by atoms with Crippen molar-refractivity contribution >= 4 is 43.5 Å². The number of nitrogens with zero attached hydrogens (tertiary/aromatic N) is 1. The molecule has 65 heavy (non-hydrogen) atoms. The van der Waals surface area contributed by atoms with Crippen molar-refractivity contribution < 1.29 is 61.6 Å². The molecule has 1 heterocycles. The molecule has 0 aromatic heterocycles. The van der Waals surface area contributed by atoms with E-state index in [9.17, 15) is 38.2 Å². The third kappa shape index (κ3) is 36.9. The Hall–Kier alpha value is -2.87. The molecule has 378 valence electrons. The average Bonchev–Trinajstić information content (AvgIpc) is 3.60. The highest BCUT2D eigenvalue weighted by atomic mass is 31.2. The number of phosphoric ester groups is 1. The standard InChI is InChI=1S/C49H89N2O13P/c1-3-5-7-9-11-13-15-17-19-21-23-25-27-29-31-33-47(55)60-41-43(63-48(56)34-32-30-28-26-24-22-20-18-16-14-12-10-8-6-4-2)42-62-65(58,59)61-40-39-50-44(52)35-38-49(57)64-51-45(53)36-37-46(51)54/h43H,3-42H2,1-2H3,(H,50,52)(H,58,59). The SMILES string of the molecule is CCCCCCCCCCCCCCCCCC(=O)OCC(COP(=O)(O)OCCNC(=O)CCC(=O)ON1C(=O)CCC1=O)OC(=O)CCCCCCCCCCCCCCCCC. The number of carbonyl (C=O) groups is 6. The minimum atomic E-state index is -4.68. The molecule has 16 heteroatoms. The van der Waals surface area contributed by atoms with Crippen molar-refractivity contribution in [2.24, 2.45) is 0 Å². The molecule has 0 aromatic rings. The summed E-state index contributed by atoms with van der Waals surface area (Å²) in [7, 11) is -4.68. The molecule has 1 aliphatic heterocycles. The largest absolute Gasteiger partial charge is 0.472 e. The first kappa shape index (κ1) is 60.1. The highest BCUT2D eigenvalue weighted by Crippen LogP contribution is 2.43. The third-order valence-corrected chi connectivity index (χ3v) is 12.5. The number of unbranched alkanes of at least 4 members (excludes halogenated alkanes) is 28. The molecule has 0 radical (unpaired) electrons. The summed E-state index contributed by atoms with van der Waals surface area (Å²) in [6.07, 6.45) is 34.6. The van der Waals surface area contributed by atoms with Crippen LogP contribution in [0.15, 0.2) is 0 Å². The molecule has 1 rings (SSSR count). The first-order chi connectivity index (χ1) is 31.5. The number of hydroxylamine groups is 2. The van der Waals surface area contributed by atoms with Crippen LogP contribution in [0.5, 0.6) is 0 Å². The van der Waals surface area contributed by atoms with E-state index in [1.807, 2.05) is 0 Å². The van der Waals surface area contributed by atoms with E-state index in [2.05, 4.69) is 19.2 Å². The van der Waals surface area contributed by atoms with Crippen LogP contribution in [0.25, 0.3) is 0 Å². The molecule has 2 atom stereocenters. The van der Waals surface area contributed by atoms with Gasteiger partial charge in [-0.3, -0.25) is 33.0 Å². The van der Waals surface area contributed by atoms with E-state index < -0.39 is 69.2 Å². The van der Waals surface area contributed by atoms with Crippen LogP contribution in [0, 0.1) is 0 Å². The lowest BCUT2D eigenvalue weighted by molar-refractivity contribution is -0.197. The van der Waals surface area contributed by atoms with Gasteiger partial charge in [0.2, 0.25) is 5.91 Å². The minimum absolute atomic E-state index is 0.0521. The third-order valence-electron chi connectivity index (χ3n) is 11.6. The predicted molar refractivity (Wildman–Crippen MR) is 251 cm³/mol. The molecular formula is C49H89N2O13P. The monoisotopic (exact) mass is 945 g/mol. The smallest absolute Gasteiger partial charge is 0.462 e. The van der Waals surface area contributed by atoms with Gasteiger partial charge < -0.3 is 24.5 Å². The molecular weight excluding hydrogens is 856 g/mol. The van der Waals surface area contributed by atoms with Crippen LogP contribution in [0.2, 0.25) is 0 Å². The zero-order chi connectivity index (χ0) is 47.6. The highest BCUT2D eigenvalue weighted by molar-refractivity contribution is 7.47. The number of imide groups is 1. The Bertz CT molecular complexity index is 1320. The van der Waals surface area contributed by atoms with Gasteiger partial charge in [-0.2, -0.15) is 0 Å². The van der Waals surface area contributed by atoms with Crippen LogP contribution in [0.3, 0.4) is 0 Å². The first-order valence-electron chi connectivity index (χ1n) is 25.8. The number of hydrogen-bond donors (Lipinski definition) is 2. The summed E-state index contributed by atoms with van der Waals surface area (Å²) in [6.45, 7) is 2.93. The Balaban J connectivity index is 2.39. The molecule has 15 nitrogen and oxygen atoms in total. The van der Waals surface area contributed by atoms with Crippen LogP contribution < -0.4 is 5.32 Å². The number of carbonyl (C=O) groups excluding carboxylic acids is 6. The van der Waals surface area contributed by atoms with Crippen molar-refractivity contribution in [3.8, 4) is 0 Å².